The second-order valence-corrected chi connectivity index (χ2v) is 7.44. The quantitative estimate of drug-likeness (QED) is 0.811. The molecule has 0 aromatic carbocycles. The first kappa shape index (κ1) is 16.9. The number of nitrogens with one attached hydrogen (secondary N) is 1. The van der Waals surface area contributed by atoms with Crippen molar-refractivity contribution in [3.8, 4) is 0 Å². The van der Waals surface area contributed by atoms with E-state index in [0.29, 0.717) is 6.04 Å². The Morgan fingerprint density at radius 1 is 1.33 bits per heavy atom. The van der Waals surface area contributed by atoms with Crippen molar-refractivity contribution in [2.75, 3.05) is 19.6 Å². The first-order chi connectivity index (χ1) is 10.0. The highest BCUT2D eigenvalue weighted by molar-refractivity contribution is 9.10. The minimum absolute atomic E-state index is 0.167. The summed E-state index contributed by atoms with van der Waals surface area (Å²) in [6.45, 7) is 10.5. The summed E-state index contributed by atoms with van der Waals surface area (Å²) in [6.07, 6.45) is 6.72. The van der Waals surface area contributed by atoms with Gasteiger partial charge in [0.05, 0.1) is 0 Å². The average molecular weight is 354 g/mol. The van der Waals surface area contributed by atoms with E-state index in [1.165, 1.54) is 38.0 Å². The van der Waals surface area contributed by atoms with Crippen LogP contribution in [0.4, 0.5) is 0 Å². The van der Waals surface area contributed by atoms with Crippen molar-refractivity contribution in [2.45, 2.75) is 58.0 Å². The highest BCUT2D eigenvalue weighted by Crippen LogP contribution is 2.26. The topological polar surface area (TPSA) is 28.2 Å². The van der Waals surface area contributed by atoms with Crippen molar-refractivity contribution < 1.29 is 0 Å². The lowest BCUT2D eigenvalue weighted by Crippen LogP contribution is -2.58. The number of rotatable bonds is 7. The van der Waals surface area contributed by atoms with Gasteiger partial charge in [0.25, 0.3) is 0 Å². The van der Waals surface area contributed by atoms with E-state index < -0.39 is 0 Å². The highest BCUT2D eigenvalue weighted by Gasteiger charge is 2.36. The Labute approximate surface area is 137 Å². The maximum atomic E-state index is 4.56. The van der Waals surface area contributed by atoms with Crippen molar-refractivity contribution in [3.63, 3.8) is 0 Å². The molecule has 0 saturated carbocycles. The molecule has 0 bridgehead atoms. The molecule has 1 unspecified atom stereocenters. The van der Waals surface area contributed by atoms with Crippen molar-refractivity contribution in [2.24, 2.45) is 0 Å². The van der Waals surface area contributed by atoms with Gasteiger partial charge in [-0.3, -0.25) is 9.88 Å². The Bertz CT molecular complexity index is 424. The van der Waals surface area contributed by atoms with E-state index in [4.69, 9.17) is 0 Å². The first-order valence-electron chi connectivity index (χ1n) is 8.13. The van der Waals surface area contributed by atoms with Crippen molar-refractivity contribution >= 4 is 15.9 Å². The van der Waals surface area contributed by atoms with Crippen LogP contribution >= 0.6 is 15.9 Å². The summed E-state index contributed by atoms with van der Waals surface area (Å²) in [5, 5.41) is 3.76. The second-order valence-electron chi connectivity index (χ2n) is 6.53. The van der Waals surface area contributed by atoms with Crippen molar-refractivity contribution in [1.29, 1.82) is 0 Å². The van der Waals surface area contributed by atoms with Crippen LogP contribution in [0.5, 0.6) is 0 Å². The van der Waals surface area contributed by atoms with Crippen LogP contribution < -0.4 is 5.32 Å². The van der Waals surface area contributed by atoms with Gasteiger partial charge in [0.15, 0.2) is 0 Å². The molecule has 3 nitrogen and oxygen atoms in total. The van der Waals surface area contributed by atoms with E-state index in [1.807, 2.05) is 6.20 Å². The summed E-state index contributed by atoms with van der Waals surface area (Å²) < 4.78 is 1.04. The molecule has 1 aromatic heterocycles. The summed E-state index contributed by atoms with van der Waals surface area (Å²) in [7, 11) is 0. The molecule has 0 spiro atoms. The van der Waals surface area contributed by atoms with Crippen LogP contribution in [0, 0.1) is 0 Å². The SMILES string of the molecule is CCCNC(Cc1ccc(Br)cn1)C(C)(C)N1CCCC1. The third-order valence-electron chi connectivity index (χ3n) is 4.62. The summed E-state index contributed by atoms with van der Waals surface area (Å²) in [5.74, 6) is 0. The Morgan fingerprint density at radius 2 is 2.05 bits per heavy atom. The van der Waals surface area contributed by atoms with Crippen LogP contribution in [-0.4, -0.2) is 41.1 Å². The molecule has 1 N–H and O–H groups in total. The average Bonchev–Trinajstić information content (AvgIpc) is 3.00. The van der Waals surface area contributed by atoms with Gasteiger partial charge in [-0.25, -0.2) is 0 Å². The molecule has 118 valence electrons. The molecule has 1 saturated heterocycles. The molecular formula is C17H28BrN3. The number of halogens is 1. The number of hydrogen-bond acceptors (Lipinski definition) is 3. The fraction of sp³-hybridized carbons (Fsp3) is 0.706. The van der Waals surface area contributed by atoms with E-state index in [2.05, 4.69) is 64.0 Å². The Kier molecular flexibility index (Phi) is 6.20. The Balaban J connectivity index is 2.10. The number of hydrogen-bond donors (Lipinski definition) is 1. The van der Waals surface area contributed by atoms with Gasteiger partial charge in [-0.05, 0) is 80.8 Å². The zero-order valence-corrected chi connectivity index (χ0v) is 15.1. The minimum Gasteiger partial charge on any atom is -0.312 e. The second kappa shape index (κ2) is 7.70. The molecule has 1 aromatic rings. The van der Waals surface area contributed by atoms with E-state index in [9.17, 15) is 0 Å². The summed E-state index contributed by atoms with van der Waals surface area (Å²) in [6, 6.07) is 4.65. The number of aromatic nitrogens is 1. The molecular weight excluding hydrogens is 326 g/mol. The molecule has 1 fully saturated rings. The third kappa shape index (κ3) is 4.51. The zero-order chi connectivity index (χ0) is 15.3. The smallest absolute Gasteiger partial charge is 0.0420 e. The summed E-state index contributed by atoms with van der Waals surface area (Å²) in [5.41, 5.74) is 1.33. The predicted octanol–water partition coefficient (Wildman–Crippen LogP) is 3.63. The molecule has 1 atom stereocenters. The lowest BCUT2D eigenvalue weighted by molar-refractivity contribution is 0.106. The van der Waals surface area contributed by atoms with Crippen LogP contribution in [0.1, 0.15) is 45.7 Å². The summed E-state index contributed by atoms with van der Waals surface area (Å²) in [4.78, 5) is 7.20. The van der Waals surface area contributed by atoms with Gasteiger partial charge in [-0.2, -0.15) is 0 Å². The predicted molar refractivity (Wildman–Crippen MR) is 92.6 cm³/mol. The van der Waals surface area contributed by atoms with Crippen LogP contribution in [0.25, 0.3) is 0 Å². The maximum Gasteiger partial charge on any atom is 0.0420 e. The lowest BCUT2D eigenvalue weighted by atomic mass is 9.88. The van der Waals surface area contributed by atoms with E-state index >= 15 is 0 Å². The molecule has 0 radical (unpaired) electrons. The van der Waals surface area contributed by atoms with Gasteiger partial charge in [-0.15, -0.1) is 0 Å². The largest absolute Gasteiger partial charge is 0.312 e. The maximum absolute atomic E-state index is 4.56. The Morgan fingerprint density at radius 3 is 2.62 bits per heavy atom. The van der Waals surface area contributed by atoms with Gasteiger partial charge >= 0.3 is 0 Å². The van der Waals surface area contributed by atoms with Crippen molar-refractivity contribution in [3.05, 3.63) is 28.5 Å². The third-order valence-corrected chi connectivity index (χ3v) is 5.09. The zero-order valence-electron chi connectivity index (χ0n) is 13.5. The molecule has 1 aliphatic heterocycles. The molecule has 1 aliphatic rings. The summed E-state index contributed by atoms with van der Waals surface area (Å²) >= 11 is 3.46. The van der Waals surface area contributed by atoms with E-state index in [-0.39, 0.29) is 5.54 Å². The standard InChI is InChI=1S/C17H28BrN3/c1-4-9-19-16(12-15-8-7-14(18)13-20-15)17(2,3)21-10-5-6-11-21/h7-8,13,16,19H,4-6,9-12H2,1-3H3. The van der Waals surface area contributed by atoms with Gasteiger partial charge in [-0.1, -0.05) is 6.92 Å². The van der Waals surface area contributed by atoms with Gasteiger partial charge in [0, 0.05) is 34.4 Å². The highest BCUT2D eigenvalue weighted by atomic mass is 79.9. The van der Waals surface area contributed by atoms with Crippen molar-refractivity contribution in [1.82, 2.24) is 15.2 Å². The minimum atomic E-state index is 0.167. The van der Waals surface area contributed by atoms with Gasteiger partial charge in [0.1, 0.15) is 0 Å². The number of pyridine rings is 1. The Hall–Kier alpha value is -0.450. The van der Waals surface area contributed by atoms with Crippen LogP contribution in [-0.2, 0) is 6.42 Å². The molecule has 0 amide bonds. The normalized spacial score (nSPS) is 18.1. The fourth-order valence-electron chi connectivity index (χ4n) is 3.14. The first-order valence-corrected chi connectivity index (χ1v) is 8.92. The molecule has 0 aliphatic carbocycles. The molecule has 2 heterocycles. The number of likely N-dealkylation sites (tertiary alicyclic amines) is 1. The van der Waals surface area contributed by atoms with Gasteiger partial charge < -0.3 is 5.32 Å². The lowest BCUT2D eigenvalue weighted by Gasteiger charge is -2.42. The van der Waals surface area contributed by atoms with Gasteiger partial charge in [0.2, 0.25) is 0 Å². The monoisotopic (exact) mass is 353 g/mol. The molecule has 2 rings (SSSR count). The fourth-order valence-corrected chi connectivity index (χ4v) is 3.37. The number of nitrogens with zero attached hydrogens (tertiary/aromatic N) is 2. The van der Waals surface area contributed by atoms with Crippen LogP contribution in [0.15, 0.2) is 22.8 Å². The van der Waals surface area contributed by atoms with E-state index in [1.54, 1.807) is 0 Å². The van der Waals surface area contributed by atoms with Crippen LogP contribution in [0.2, 0.25) is 0 Å². The van der Waals surface area contributed by atoms with E-state index in [0.717, 1.165) is 17.4 Å². The molecule has 21 heavy (non-hydrogen) atoms. The van der Waals surface area contributed by atoms with Crippen LogP contribution in [0.3, 0.4) is 0 Å². The molecule has 4 heteroatoms.